The Balaban J connectivity index is 1.91. The zero-order valence-electron chi connectivity index (χ0n) is 13.4. The van der Waals surface area contributed by atoms with E-state index in [0.29, 0.717) is 6.54 Å². The lowest BCUT2D eigenvalue weighted by atomic mass is 10.0. The first kappa shape index (κ1) is 15.6. The van der Waals surface area contributed by atoms with E-state index >= 15 is 0 Å². The van der Waals surface area contributed by atoms with Gasteiger partial charge in [0.05, 0.1) is 0 Å². The van der Waals surface area contributed by atoms with Gasteiger partial charge in [0.15, 0.2) is 0 Å². The van der Waals surface area contributed by atoms with Gasteiger partial charge in [0.25, 0.3) is 0 Å². The van der Waals surface area contributed by atoms with Crippen molar-refractivity contribution in [1.82, 2.24) is 10.9 Å². The van der Waals surface area contributed by atoms with Gasteiger partial charge in [-0.25, -0.2) is 10.2 Å². The number of amides is 1. The van der Waals surface area contributed by atoms with Crippen molar-refractivity contribution in [2.45, 2.75) is 58.8 Å². The summed E-state index contributed by atoms with van der Waals surface area (Å²) in [6, 6.07) is 6.08. The summed E-state index contributed by atoms with van der Waals surface area (Å²) in [4.78, 5) is 11.6. The van der Waals surface area contributed by atoms with Gasteiger partial charge in [-0.15, -0.1) is 0 Å². The van der Waals surface area contributed by atoms with E-state index in [1.807, 2.05) is 32.9 Å². The third-order valence-electron chi connectivity index (χ3n) is 3.04. The molecule has 21 heavy (non-hydrogen) atoms. The number of hydrogen-bond donors (Lipinski definition) is 2. The molecule has 1 aliphatic rings. The first-order valence-corrected chi connectivity index (χ1v) is 7.18. The highest BCUT2D eigenvalue weighted by Crippen LogP contribution is 2.37. The van der Waals surface area contributed by atoms with E-state index in [1.165, 1.54) is 5.56 Å². The minimum atomic E-state index is -0.507. The van der Waals surface area contributed by atoms with Crippen molar-refractivity contribution < 1.29 is 14.3 Å². The van der Waals surface area contributed by atoms with Gasteiger partial charge in [0, 0.05) is 18.5 Å². The molecule has 0 atom stereocenters. The van der Waals surface area contributed by atoms with Crippen molar-refractivity contribution in [3.63, 3.8) is 0 Å². The molecule has 1 heterocycles. The number of hydrazine groups is 1. The molecule has 2 N–H and O–H groups in total. The number of carbonyl (C=O) groups excluding carboxylic acids is 1. The normalized spacial score (nSPS) is 16.0. The van der Waals surface area contributed by atoms with Gasteiger partial charge in [-0.2, -0.15) is 0 Å². The lowest BCUT2D eigenvalue weighted by molar-refractivity contribution is 0.0496. The van der Waals surface area contributed by atoms with Gasteiger partial charge < -0.3 is 9.47 Å². The standard InChI is InChI=1S/C16H24N2O3/c1-15(2,3)21-14(19)18-17-10-12-8-6-7-11-9-16(4,5)20-13(11)12/h6-8,17H,9-10H2,1-5H3,(H,18,19). The van der Waals surface area contributed by atoms with Crippen molar-refractivity contribution in [3.8, 4) is 5.75 Å². The predicted octanol–water partition coefficient (Wildman–Crippen LogP) is 2.93. The summed E-state index contributed by atoms with van der Waals surface area (Å²) in [7, 11) is 0. The molecule has 0 aliphatic carbocycles. The lowest BCUT2D eigenvalue weighted by Crippen LogP contribution is -2.40. The molecule has 2 rings (SSSR count). The van der Waals surface area contributed by atoms with Crippen LogP contribution in [0.2, 0.25) is 0 Å². The van der Waals surface area contributed by atoms with Crippen LogP contribution in [0.25, 0.3) is 0 Å². The minimum Gasteiger partial charge on any atom is -0.487 e. The molecule has 116 valence electrons. The molecule has 0 radical (unpaired) electrons. The Kier molecular flexibility index (Phi) is 4.14. The van der Waals surface area contributed by atoms with E-state index in [4.69, 9.17) is 9.47 Å². The number of nitrogens with one attached hydrogen (secondary N) is 2. The maximum Gasteiger partial charge on any atom is 0.422 e. The first-order chi connectivity index (χ1) is 9.66. The average molecular weight is 292 g/mol. The smallest absolute Gasteiger partial charge is 0.422 e. The average Bonchev–Trinajstić information content (AvgIpc) is 2.61. The van der Waals surface area contributed by atoms with Gasteiger partial charge in [0.1, 0.15) is 17.0 Å². The molecule has 0 spiro atoms. The van der Waals surface area contributed by atoms with Crippen LogP contribution in [0.4, 0.5) is 4.79 Å². The SMILES string of the molecule is CC(C)(C)OC(=O)NNCc1cccc2c1OC(C)(C)C2. The van der Waals surface area contributed by atoms with Gasteiger partial charge in [-0.1, -0.05) is 18.2 Å². The van der Waals surface area contributed by atoms with Crippen LogP contribution in [0, 0.1) is 0 Å². The van der Waals surface area contributed by atoms with E-state index in [9.17, 15) is 4.79 Å². The Labute approximate surface area is 126 Å². The summed E-state index contributed by atoms with van der Waals surface area (Å²) in [6.07, 6.45) is 0.409. The van der Waals surface area contributed by atoms with Crippen LogP contribution in [0.1, 0.15) is 45.7 Å². The molecular formula is C16H24N2O3. The molecule has 0 unspecified atom stereocenters. The molecule has 0 fully saturated rings. The minimum absolute atomic E-state index is 0.170. The predicted molar refractivity (Wildman–Crippen MR) is 81.1 cm³/mol. The second-order valence-electron chi connectivity index (χ2n) is 6.92. The molecule has 0 bridgehead atoms. The first-order valence-electron chi connectivity index (χ1n) is 7.18. The van der Waals surface area contributed by atoms with Crippen molar-refractivity contribution in [2.24, 2.45) is 0 Å². The molecule has 1 amide bonds. The fraction of sp³-hybridized carbons (Fsp3) is 0.562. The maximum atomic E-state index is 11.6. The van der Waals surface area contributed by atoms with Crippen LogP contribution in [-0.4, -0.2) is 17.3 Å². The van der Waals surface area contributed by atoms with E-state index in [-0.39, 0.29) is 5.60 Å². The quantitative estimate of drug-likeness (QED) is 0.841. The Morgan fingerprint density at radius 3 is 2.76 bits per heavy atom. The van der Waals surface area contributed by atoms with Crippen LogP contribution in [-0.2, 0) is 17.7 Å². The van der Waals surface area contributed by atoms with Gasteiger partial charge in [-0.3, -0.25) is 5.43 Å². The fourth-order valence-corrected chi connectivity index (χ4v) is 2.33. The molecule has 0 saturated heterocycles. The summed E-state index contributed by atoms with van der Waals surface area (Å²) in [5, 5.41) is 0. The maximum absolute atomic E-state index is 11.6. The molecule has 5 heteroatoms. The van der Waals surface area contributed by atoms with E-state index in [2.05, 4.69) is 30.8 Å². The monoisotopic (exact) mass is 292 g/mol. The molecule has 0 aromatic heterocycles. The second kappa shape index (κ2) is 5.56. The number of para-hydroxylation sites is 1. The van der Waals surface area contributed by atoms with E-state index in [1.54, 1.807) is 0 Å². The van der Waals surface area contributed by atoms with Gasteiger partial charge >= 0.3 is 6.09 Å². The Morgan fingerprint density at radius 1 is 1.38 bits per heavy atom. The highest BCUT2D eigenvalue weighted by atomic mass is 16.6. The number of ether oxygens (including phenoxy) is 2. The Bertz CT molecular complexity index is 533. The van der Waals surface area contributed by atoms with Crippen LogP contribution in [0.3, 0.4) is 0 Å². The van der Waals surface area contributed by atoms with Crippen molar-refractivity contribution in [3.05, 3.63) is 29.3 Å². The fourth-order valence-electron chi connectivity index (χ4n) is 2.33. The van der Waals surface area contributed by atoms with Gasteiger partial charge in [-0.05, 0) is 40.2 Å². The van der Waals surface area contributed by atoms with Crippen LogP contribution < -0.4 is 15.6 Å². The zero-order valence-corrected chi connectivity index (χ0v) is 13.4. The molecule has 1 aliphatic heterocycles. The Morgan fingerprint density at radius 2 is 2.10 bits per heavy atom. The summed E-state index contributed by atoms with van der Waals surface area (Å²) in [6.45, 7) is 10.1. The molecule has 0 saturated carbocycles. The summed E-state index contributed by atoms with van der Waals surface area (Å²) < 4.78 is 11.1. The number of hydrogen-bond acceptors (Lipinski definition) is 4. The highest BCUT2D eigenvalue weighted by Gasteiger charge is 2.31. The van der Waals surface area contributed by atoms with Crippen LogP contribution in [0.15, 0.2) is 18.2 Å². The zero-order chi connectivity index (χ0) is 15.7. The Hall–Kier alpha value is -1.75. The number of fused-ring (bicyclic) bond motifs is 1. The molecule has 1 aromatic rings. The van der Waals surface area contributed by atoms with E-state index in [0.717, 1.165) is 17.7 Å². The lowest BCUT2D eigenvalue weighted by Gasteiger charge is -2.20. The largest absolute Gasteiger partial charge is 0.487 e. The van der Waals surface area contributed by atoms with Crippen LogP contribution >= 0.6 is 0 Å². The molecule has 1 aromatic carbocycles. The van der Waals surface area contributed by atoms with Crippen molar-refractivity contribution in [1.29, 1.82) is 0 Å². The van der Waals surface area contributed by atoms with Crippen molar-refractivity contribution in [2.75, 3.05) is 0 Å². The number of rotatable bonds is 3. The number of carbonyl (C=O) groups is 1. The summed E-state index contributed by atoms with van der Waals surface area (Å²) >= 11 is 0. The summed E-state index contributed by atoms with van der Waals surface area (Å²) in [5.41, 5.74) is 6.96. The van der Waals surface area contributed by atoms with Crippen LogP contribution in [0.5, 0.6) is 5.75 Å². The van der Waals surface area contributed by atoms with Gasteiger partial charge in [0.2, 0.25) is 0 Å². The molecule has 5 nitrogen and oxygen atoms in total. The topological polar surface area (TPSA) is 59.6 Å². The number of benzene rings is 1. The third-order valence-corrected chi connectivity index (χ3v) is 3.04. The van der Waals surface area contributed by atoms with Crippen molar-refractivity contribution >= 4 is 6.09 Å². The molecular weight excluding hydrogens is 268 g/mol. The highest BCUT2D eigenvalue weighted by molar-refractivity contribution is 5.67. The second-order valence-corrected chi connectivity index (χ2v) is 6.92. The third kappa shape index (κ3) is 4.36. The summed E-state index contributed by atoms with van der Waals surface area (Å²) in [5.74, 6) is 0.918. The van der Waals surface area contributed by atoms with E-state index < -0.39 is 11.7 Å².